The normalized spacial score (nSPS) is 12.7. The van der Waals surface area contributed by atoms with Gasteiger partial charge >= 0.3 is 5.97 Å². The van der Waals surface area contributed by atoms with Crippen molar-refractivity contribution in [2.24, 2.45) is 5.92 Å². The minimum absolute atomic E-state index is 0.130. The van der Waals surface area contributed by atoms with Gasteiger partial charge in [-0.05, 0) is 6.42 Å². The molecule has 0 bridgehead atoms. The van der Waals surface area contributed by atoms with Gasteiger partial charge in [-0.2, -0.15) is 0 Å². The Kier molecular flexibility index (Phi) is 4.45. The molecule has 4 nitrogen and oxygen atoms in total. The summed E-state index contributed by atoms with van der Waals surface area (Å²) in [7, 11) is 1.53. The van der Waals surface area contributed by atoms with E-state index >= 15 is 0 Å². The highest BCUT2D eigenvalue weighted by atomic mass is 16.4. The molecular weight excluding hydrogens is 170 g/mol. The fraction of sp³-hybridized carbons (Fsp3) is 0.778. The third-order valence-corrected chi connectivity index (χ3v) is 1.98. The topological polar surface area (TPSA) is 57.6 Å². The van der Waals surface area contributed by atoms with Crippen LogP contribution in [0.5, 0.6) is 0 Å². The molecule has 4 heteroatoms. The quantitative estimate of drug-likeness (QED) is 0.713. The van der Waals surface area contributed by atoms with Crippen LogP contribution in [0.25, 0.3) is 0 Å². The molecule has 0 rings (SSSR count). The second-order valence-electron chi connectivity index (χ2n) is 3.37. The maximum atomic E-state index is 11.4. The Morgan fingerprint density at radius 3 is 2.08 bits per heavy atom. The third-order valence-electron chi connectivity index (χ3n) is 1.98. The molecule has 0 aromatic heterocycles. The van der Waals surface area contributed by atoms with Crippen LogP contribution in [0.15, 0.2) is 0 Å². The number of aliphatic carboxylic acids is 1. The van der Waals surface area contributed by atoms with E-state index in [2.05, 4.69) is 0 Å². The molecule has 0 aliphatic heterocycles. The lowest BCUT2D eigenvalue weighted by Crippen LogP contribution is -2.43. The van der Waals surface area contributed by atoms with Crippen molar-refractivity contribution in [2.75, 3.05) is 7.05 Å². The minimum atomic E-state index is -0.945. The number of hydrogen-bond donors (Lipinski definition) is 1. The van der Waals surface area contributed by atoms with E-state index in [0.29, 0.717) is 6.42 Å². The van der Waals surface area contributed by atoms with E-state index in [-0.39, 0.29) is 11.8 Å². The molecule has 0 spiro atoms. The largest absolute Gasteiger partial charge is 0.480 e. The highest BCUT2D eigenvalue weighted by Gasteiger charge is 2.25. The fourth-order valence-electron chi connectivity index (χ4n) is 1.18. The van der Waals surface area contributed by atoms with Gasteiger partial charge in [0.1, 0.15) is 6.04 Å². The number of carbonyl (C=O) groups excluding carboxylic acids is 1. The highest BCUT2D eigenvalue weighted by molar-refractivity contribution is 5.84. The standard InChI is InChI=1S/C9H17NO3/c1-5-7(9(12)13)10(4)8(11)6(2)3/h6-7H,5H2,1-4H3,(H,12,13). The number of nitrogens with zero attached hydrogens (tertiary/aromatic N) is 1. The molecule has 0 radical (unpaired) electrons. The Morgan fingerprint density at radius 2 is 1.85 bits per heavy atom. The van der Waals surface area contributed by atoms with Crippen LogP contribution in [0.4, 0.5) is 0 Å². The van der Waals surface area contributed by atoms with E-state index < -0.39 is 12.0 Å². The van der Waals surface area contributed by atoms with E-state index in [9.17, 15) is 9.59 Å². The van der Waals surface area contributed by atoms with Gasteiger partial charge in [-0.15, -0.1) is 0 Å². The van der Waals surface area contributed by atoms with Crippen molar-refractivity contribution in [3.63, 3.8) is 0 Å². The van der Waals surface area contributed by atoms with Gasteiger partial charge in [-0.1, -0.05) is 20.8 Å². The van der Waals surface area contributed by atoms with Crippen LogP contribution in [-0.4, -0.2) is 35.0 Å². The Hall–Kier alpha value is -1.06. The smallest absolute Gasteiger partial charge is 0.326 e. The van der Waals surface area contributed by atoms with Crippen LogP contribution in [0, 0.1) is 5.92 Å². The molecule has 0 aromatic rings. The number of amides is 1. The number of carboxylic acids is 1. The molecule has 0 saturated carbocycles. The Morgan fingerprint density at radius 1 is 1.38 bits per heavy atom. The summed E-state index contributed by atoms with van der Waals surface area (Å²) in [6.45, 7) is 5.27. The zero-order chi connectivity index (χ0) is 10.6. The summed E-state index contributed by atoms with van der Waals surface area (Å²) in [6, 6.07) is -0.699. The molecule has 0 aliphatic rings. The average Bonchev–Trinajstić information content (AvgIpc) is 2.03. The lowest BCUT2D eigenvalue weighted by Gasteiger charge is -2.25. The van der Waals surface area contributed by atoms with Gasteiger partial charge in [-0.3, -0.25) is 4.79 Å². The first-order valence-electron chi connectivity index (χ1n) is 4.41. The Bertz CT molecular complexity index is 201. The number of hydrogen-bond acceptors (Lipinski definition) is 2. The van der Waals surface area contributed by atoms with Gasteiger partial charge in [0, 0.05) is 13.0 Å². The summed E-state index contributed by atoms with van der Waals surface area (Å²) in [5.74, 6) is -1.23. The third kappa shape index (κ3) is 3.05. The molecule has 1 N–H and O–H groups in total. The Labute approximate surface area is 78.5 Å². The number of rotatable bonds is 4. The second kappa shape index (κ2) is 4.84. The van der Waals surface area contributed by atoms with Crippen molar-refractivity contribution in [2.45, 2.75) is 33.2 Å². The summed E-state index contributed by atoms with van der Waals surface area (Å²) in [6.07, 6.45) is 0.435. The number of carboxylic acid groups (broad SMARTS) is 1. The molecule has 0 fully saturated rings. The lowest BCUT2D eigenvalue weighted by molar-refractivity contribution is -0.150. The van der Waals surface area contributed by atoms with Crippen LogP contribution >= 0.6 is 0 Å². The molecule has 0 aromatic carbocycles. The predicted octanol–water partition coefficient (Wildman–Crippen LogP) is 0.964. The maximum Gasteiger partial charge on any atom is 0.326 e. The maximum absolute atomic E-state index is 11.4. The average molecular weight is 187 g/mol. The van der Waals surface area contributed by atoms with Gasteiger partial charge in [-0.25, -0.2) is 4.79 Å². The predicted molar refractivity (Wildman–Crippen MR) is 49.3 cm³/mol. The molecule has 0 aliphatic carbocycles. The molecule has 1 atom stereocenters. The van der Waals surface area contributed by atoms with Gasteiger partial charge in [0.2, 0.25) is 5.91 Å². The summed E-state index contributed by atoms with van der Waals surface area (Å²) >= 11 is 0. The molecule has 0 saturated heterocycles. The molecule has 1 amide bonds. The molecule has 1 unspecified atom stereocenters. The fourth-order valence-corrected chi connectivity index (χ4v) is 1.18. The minimum Gasteiger partial charge on any atom is -0.480 e. The lowest BCUT2D eigenvalue weighted by atomic mass is 10.1. The second-order valence-corrected chi connectivity index (χ2v) is 3.37. The van der Waals surface area contributed by atoms with E-state index in [1.54, 1.807) is 20.8 Å². The van der Waals surface area contributed by atoms with Gasteiger partial charge in [0.05, 0.1) is 0 Å². The van der Waals surface area contributed by atoms with Gasteiger partial charge in [0.25, 0.3) is 0 Å². The van der Waals surface area contributed by atoms with E-state index in [4.69, 9.17) is 5.11 Å². The van der Waals surface area contributed by atoms with E-state index in [0.717, 1.165) is 0 Å². The van der Waals surface area contributed by atoms with Crippen molar-refractivity contribution in [1.82, 2.24) is 4.90 Å². The molecular formula is C9H17NO3. The summed E-state index contributed by atoms with van der Waals surface area (Å²) in [4.78, 5) is 23.4. The SMILES string of the molecule is CCC(C(=O)O)N(C)C(=O)C(C)C. The van der Waals surface area contributed by atoms with Crippen LogP contribution in [0.2, 0.25) is 0 Å². The first kappa shape index (κ1) is 11.9. The highest BCUT2D eigenvalue weighted by Crippen LogP contribution is 2.07. The summed E-state index contributed by atoms with van der Waals surface area (Å²) in [5, 5.41) is 8.78. The van der Waals surface area contributed by atoms with Gasteiger partial charge < -0.3 is 10.0 Å². The summed E-state index contributed by atoms with van der Waals surface area (Å²) in [5.41, 5.74) is 0. The number of likely N-dealkylation sites (N-methyl/N-ethyl adjacent to an activating group) is 1. The first-order valence-corrected chi connectivity index (χ1v) is 4.41. The van der Waals surface area contributed by atoms with E-state index in [1.165, 1.54) is 11.9 Å². The molecule has 0 heterocycles. The molecule has 13 heavy (non-hydrogen) atoms. The first-order chi connectivity index (χ1) is 5.91. The van der Waals surface area contributed by atoms with Crippen LogP contribution in [0.1, 0.15) is 27.2 Å². The van der Waals surface area contributed by atoms with E-state index in [1.807, 2.05) is 0 Å². The van der Waals surface area contributed by atoms with Crippen molar-refractivity contribution < 1.29 is 14.7 Å². The number of carbonyl (C=O) groups is 2. The van der Waals surface area contributed by atoms with Crippen LogP contribution in [-0.2, 0) is 9.59 Å². The van der Waals surface area contributed by atoms with Crippen molar-refractivity contribution in [1.29, 1.82) is 0 Å². The Balaban J connectivity index is 4.46. The van der Waals surface area contributed by atoms with Crippen molar-refractivity contribution >= 4 is 11.9 Å². The molecule has 76 valence electrons. The zero-order valence-electron chi connectivity index (χ0n) is 8.57. The zero-order valence-corrected chi connectivity index (χ0v) is 8.57. The summed E-state index contributed by atoms with van der Waals surface area (Å²) < 4.78 is 0. The van der Waals surface area contributed by atoms with Crippen molar-refractivity contribution in [3.05, 3.63) is 0 Å². The van der Waals surface area contributed by atoms with Crippen LogP contribution < -0.4 is 0 Å². The van der Waals surface area contributed by atoms with Crippen LogP contribution in [0.3, 0.4) is 0 Å². The van der Waals surface area contributed by atoms with Gasteiger partial charge in [0.15, 0.2) is 0 Å². The monoisotopic (exact) mass is 187 g/mol. The van der Waals surface area contributed by atoms with Crippen molar-refractivity contribution in [3.8, 4) is 0 Å².